The predicted molar refractivity (Wildman–Crippen MR) is 135 cm³/mol. The van der Waals surface area contributed by atoms with Gasteiger partial charge >= 0.3 is 0 Å². The van der Waals surface area contributed by atoms with Crippen LogP contribution >= 0.6 is 0 Å². The van der Waals surface area contributed by atoms with Crippen LogP contribution in [-0.2, 0) is 10.0 Å². The van der Waals surface area contributed by atoms with Gasteiger partial charge in [0, 0.05) is 5.56 Å². The smallest absolute Gasteiger partial charge is 0.291 e. The number of sulfonamides is 1. The minimum atomic E-state index is -3.85. The second-order valence-corrected chi connectivity index (χ2v) is 9.13. The van der Waals surface area contributed by atoms with E-state index in [1.165, 1.54) is 23.0 Å². The van der Waals surface area contributed by atoms with E-state index >= 15 is 0 Å². The SMILES string of the molecule is COc1ccc(/C=N/NC(=O)c2cc(-c3ccc(OC)cc3)n(-c3ccc(S(N)(=O)=O)cc3)n2)cc1. The molecule has 1 aromatic heterocycles. The average Bonchev–Trinajstić information content (AvgIpc) is 3.34. The molecule has 3 aromatic carbocycles. The number of hydrogen-bond acceptors (Lipinski definition) is 7. The molecule has 0 unspecified atom stereocenters. The summed E-state index contributed by atoms with van der Waals surface area (Å²) in [6, 6.07) is 21.9. The average molecular weight is 506 g/mol. The predicted octanol–water partition coefficient (Wildman–Crippen LogP) is 2.97. The third-order valence-electron chi connectivity index (χ3n) is 5.23. The first kappa shape index (κ1) is 24.6. The summed E-state index contributed by atoms with van der Waals surface area (Å²) in [6.45, 7) is 0. The highest BCUT2D eigenvalue weighted by Crippen LogP contribution is 2.26. The van der Waals surface area contributed by atoms with Gasteiger partial charge in [0.2, 0.25) is 10.0 Å². The van der Waals surface area contributed by atoms with Crippen molar-refractivity contribution >= 4 is 22.1 Å². The Morgan fingerprint density at radius 1 is 0.944 bits per heavy atom. The molecular weight excluding hydrogens is 482 g/mol. The van der Waals surface area contributed by atoms with Crippen molar-refractivity contribution in [3.05, 3.63) is 90.1 Å². The van der Waals surface area contributed by atoms with Crippen molar-refractivity contribution in [2.45, 2.75) is 4.90 Å². The molecule has 11 heteroatoms. The van der Waals surface area contributed by atoms with Crippen LogP contribution in [0.1, 0.15) is 16.1 Å². The number of methoxy groups -OCH3 is 2. The molecule has 0 aliphatic rings. The molecule has 3 N–H and O–H groups in total. The Kier molecular flexibility index (Phi) is 7.13. The lowest BCUT2D eigenvalue weighted by Gasteiger charge is -2.09. The fourth-order valence-corrected chi connectivity index (χ4v) is 3.86. The first-order valence-electron chi connectivity index (χ1n) is 10.6. The molecule has 4 rings (SSSR count). The van der Waals surface area contributed by atoms with E-state index in [4.69, 9.17) is 14.6 Å². The first-order chi connectivity index (χ1) is 17.3. The number of carbonyl (C=O) groups is 1. The summed E-state index contributed by atoms with van der Waals surface area (Å²) in [5, 5.41) is 13.7. The number of amides is 1. The highest BCUT2D eigenvalue weighted by Gasteiger charge is 2.17. The van der Waals surface area contributed by atoms with Crippen molar-refractivity contribution in [1.82, 2.24) is 15.2 Å². The quantitative estimate of drug-likeness (QED) is 0.279. The van der Waals surface area contributed by atoms with Gasteiger partial charge < -0.3 is 9.47 Å². The lowest BCUT2D eigenvalue weighted by molar-refractivity contribution is 0.0949. The molecule has 0 aliphatic carbocycles. The van der Waals surface area contributed by atoms with Gasteiger partial charge in [-0.05, 0) is 84.4 Å². The molecule has 4 aromatic rings. The van der Waals surface area contributed by atoms with Crippen LogP contribution in [0.15, 0.2) is 88.9 Å². The van der Waals surface area contributed by atoms with Crippen LogP contribution in [-0.4, -0.2) is 44.5 Å². The lowest BCUT2D eigenvalue weighted by atomic mass is 10.1. The summed E-state index contributed by atoms with van der Waals surface area (Å²) in [5.41, 5.74) is 5.26. The number of hydrazone groups is 1. The highest BCUT2D eigenvalue weighted by atomic mass is 32.2. The molecule has 0 saturated heterocycles. The van der Waals surface area contributed by atoms with Gasteiger partial charge in [-0.15, -0.1) is 0 Å². The van der Waals surface area contributed by atoms with Gasteiger partial charge in [0.1, 0.15) is 11.5 Å². The molecule has 0 fully saturated rings. The zero-order valence-electron chi connectivity index (χ0n) is 19.5. The van der Waals surface area contributed by atoms with Crippen LogP contribution in [0.4, 0.5) is 0 Å². The van der Waals surface area contributed by atoms with Gasteiger partial charge in [0.15, 0.2) is 5.69 Å². The summed E-state index contributed by atoms with van der Waals surface area (Å²) in [7, 11) is -0.697. The fourth-order valence-electron chi connectivity index (χ4n) is 3.35. The van der Waals surface area contributed by atoms with Crippen LogP contribution in [0.2, 0.25) is 0 Å². The van der Waals surface area contributed by atoms with Crippen molar-refractivity contribution in [3.63, 3.8) is 0 Å². The normalized spacial score (nSPS) is 11.4. The monoisotopic (exact) mass is 505 g/mol. The summed E-state index contributed by atoms with van der Waals surface area (Å²) in [6.07, 6.45) is 1.50. The van der Waals surface area contributed by atoms with Crippen LogP contribution in [0.3, 0.4) is 0 Å². The molecule has 0 aliphatic heterocycles. The molecule has 10 nitrogen and oxygen atoms in total. The number of carbonyl (C=O) groups excluding carboxylic acids is 1. The number of hydrogen-bond donors (Lipinski definition) is 2. The molecule has 0 radical (unpaired) electrons. The van der Waals surface area contributed by atoms with Crippen LogP contribution < -0.4 is 20.0 Å². The maximum Gasteiger partial charge on any atom is 0.291 e. The Morgan fingerprint density at radius 3 is 2.08 bits per heavy atom. The van der Waals surface area contributed by atoms with Gasteiger partial charge in [-0.3, -0.25) is 4.79 Å². The minimum absolute atomic E-state index is 0.0322. The van der Waals surface area contributed by atoms with Crippen molar-refractivity contribution in [2.75, 3.05) is 14.2 Å². The molecule has 1 amide bonds. The molecule has 1 heterocycles. The third kappa shape index (κ3) is 5.59. The van der Waals surface area contributed by atoms with Gasteiger partial charge in [0.25, 0.3) is 5.91 Å². The van der Waals surface area contributed by atoms with Crippen molar-refractivity contribution in [1.29, 1.82) is 0 Å². The Morgan fingerprint density at radius 2 is 1.53 bits per heavy atom. The molecular formula is C25H23N5O5S. The van der Waals surface area contributed by atoms with Crippen molar-refractivity contribution in [2.24, 2.45) is 10.2 Å². The zero-order chi connectivity index (χ0) is 25.7. The topological polar surface area (TPSA) is 138 Å². The molecule has 0 atom stereocenters. The molecule has 0 saturated carbocycles. The standard InChI is InChI=1S/C25H23N5O5S/c1-34-20-9-3-17(4-10-20)16-27-28-25(31)23-15-24(18-5-11-21(35-2)12-6-18)30(29-23)19-7-13-22(14-8-19)36(26,32)33/h3-16H,1-2H3,(H,28,31)(H2,26,32,33)/b27-16+. The van der Waals surface area contributed by atoms with Gasteiger partial charge in [-0.1, -0.05) is 0 Å². The minimum Gasteiger partial charge on any atom is -0.497 e. The number of nitrogens with one attached hydrogen (secondary N) is 1. The van der Waals surface area contributed by atoms with E-state index in [1.807, 2.05) is 12.1 Å². The number of nitrogens with zero attached hydrogens (tertiary/aromatic N) is 3. The maximum atomic E-state index is 12.8. The Hall–Kier alpha value is -4.48. The van der Waals surface area contributed by atoms with Crippen molar-refractivity contribution < 1.29 is 22.7 Å². The summed E-state index contributed by atoms with van der Waals surface area (Å²) in [5.74, 6) is 0.868. The molecule has 36 heavy (non-hydrogen) atoms. The van der Waals surface area contributed by atoms with Crippen LogP contribution in [0.5, 0.6) is 11.5 Å². The third-order valence-corrected chi connectivity index (χ3v) is 6.16. The van der Waals surface area contributed by atoms with E-state index in [-0.39, 0.29) is 10.6 Å². The Bertz CT molecular complexity index is 1490. The Labute approximate surface area is 208 Å². The number of aromatic nitrogens is 2. The van der Waals surface area contributed by atoms with Gasteiger partial charge in [-0.25, -0.2) is 23.7 Å². The fraction of sp³-hybridized carbons (Fsp3) is 0.0800. The number of primary sulfonamides is 1. The van der Waals surface area contributed by atoms with Crippen molar-refractivity contribution in [3.8, 4) is 28.4 Å². The van der Waals surface area contributed by atoms with Crippen LogP contribution in [0, 0.1) is 0 Å². The first-order valence-corrected chi connectivity index (χ1v) is 12.2. The zero-order valence-corrected chi connectivity index (χ0v) is 20.3. The second kappa shape index (κ2) is 10.4. The molecule has 0 spiro atoms. The van der Waals surface area contributed by atoms with E-state index in [1.54, 1.807) is 68.8 Å². The lowest BCUT2D eigenvalue weighted by Crippen LogP contribution is -2.18. The molecule has 0 bridgehead atoms. The summed E-state index contributed by atoms with van der Waals surface area (Å²) < 4.78 is 35.1. The van der Waals surface area contributed by atoms with E-state index in [2.05, 4.69) is 15.6 Å². The van der Waals surface area contributed by atoms with E-state index in [0.29, 0.717) is 22.9 Å². The van der Waals surface area contributed by atoms with E-state index < -0.39 is 15.9 Å². The number of benzene rings is 3. The Balaban J connectivity index is 1.64. The molecule has 184 valence electrons. The summed E-state index contributed by atoms with van der Waals surface area (Å²) >= 11 is 0. The number of rotatable bonds is 8. The van der Waals surface area contributed by atoms with Crippen LogP contribution in [0.25, 0.3) is 16.9 Å². The van der Waals surface area contributed by atoms with Gasteiger partial charge in [-0.2, -0.15) is 10.2 Å². The largest absolute Gasteiger partial charge is 0.497 e. The summed E-state index contributed by atoms with van der Waals surface area (Å²) in [4.78, 5) is 12.8. The number of ether oxygens (including phenoxy) is 2. The van der Waals surface area contributed by atoms with E-state index in [0.717, 1.165) is 11.1 Å². The van der Waals surface area contributed by atoms with E-state index in [9.17, 15) is 13.2 Å². The number of nitrogens with two attached hydrogens (primary N) is 1. The maximum absolute atomic E-state index is 12.8. The second-order valence-electron chi connectivity index (χ2n) is 7.57. The van der Waals surface area contributed by atoms with Gasteiger partial charge in [0.05, 0.1) is 36.7 Å². The highest BCUT2D eigenvalue weighted by molar-refractivity contribution is 7.89.